The number of carbonyl (C=O) groups excluding carboxylic acids is 1. The lowest BCUT2D eigenvalue weighted by molar-refractivity contribution is 0.0950. The van der Waals surface area contributed by atoms with Crippen LogP contribution in [0, 0.1) is 26.6 Å². The van der Waals surface area contributed by atoms with Crippen LogP contribution in [0.5, 0.6) is 0 Å². The second-order valence-electron chi connectivity index (χ2n) is 7.14. The van der Waals surface area contributed by atoms with E-state index in [0.29, 0.717) is 11.3 Å². The maximum absolute atomic E-state index is 13.0. The quantitative estimate of drug-likeness (QED) is 0.610. The van der Waals surface area contributed by atoms with E-state index < -0.39 is 15.9 Å². The molecule has 2 N–H and O–H groups in total. The SMILES string of the molecule is Cc1ccc(C(=O)NCc2ccc(F)cc2)cc1S(=O)(=O)Nc1cccc(C)c1C. The molecule has 1 amide bonds. The highest BCUT2D eigenvalue weighted by molar-refractivity contribution is 7.92. The molecule has 0 aliphatic rings. The zero-order valence-electron chi connectivity index (χ0n) is 17.0. The van der Waals surface area contributed by atoms with Crippen molar-refractivity contribution in [2.45, 2.75) is 32.2 Å². The number of hydrogen-bond donors (Lipinski definition) is 2. The second kappa shape index (κ2) is 8.67. The predicted octanol–water partition coefficient (Wildman–Crippen LogP) is 4.48. The highest BCUT2D eigenvalue weighted by atomic mass is 32.2. The summed E-state index contributed by atoms with van der Waals surface area (Å²) in [5.41, 5.74) is 3.81. The van der Waals surface area contributed by atoms with Gasteiger partial charge in [-0.15, -0.1) is 0 Å². The molecule has 0 aliphatic heterocycles. The molecule has 7 heteroatoms. The number of sulfonamides is 1. The summed E-state index contributed by atoms with van der Waals surface area (Å²) in [6.07, 6.45) is 0. The molecular formula is C23H23FN2O3S. The maximum Gasteiger partial charge on any atom is 0.262 e. The summed E-state index contributed by atoms with van der Waals surface area (Å²) in [6.45, 7) is 5.64. The normalized spacial score (nSPS) is 11.2. The Kier molecular flexibility index (Phi) is 6.22. The fraction of sp³-hybridized carbons (Fsp3) is 0.174. The Morgan fingerprint density at radius 3 is 2.33 bits per heavy atom. The topological polar surface area (TPSA) is 75.3 Å². The van der Waals surface area contributed by atoms with Gasteiger partial charge in [0.05, 0.1) is 10.6 Å². The lowest BCUT2D eigenvalue weighted by Gasteiger charge is -2.14. The predicted molar refractivity (Wildman–Crippen MR) is 115 cm³/mol. The first kappa shape index (κ1) is 21.5. The van der Waals surface area contributed by atoms with Crippen molar-refractivity contribution in [1.29, 1.82) is 0 Å². The number of anilines is 1. The minimum Gasteiger partial charge on any atom is -0.348 e. The number of aryl methyl sites for hydroxylation is 2. The van der Waals surface area contributed by atoms with Crippen LogP contribution in [0.3, 0.4) is 0 Å². The zero-order chi connectivity index (χ0) is 21.9. The third-order valence-electron chi connectivity index (χ3n) is 4.96. The Bertz CT molecular complexity index is 1190. The minimum atomic E-state index is -3.88. The van der Waals surface area contributed by atoms with E-state index in [1.807, 2.05) is 19.9 Å². The highest BCUT2D eigenvalue weighted by Crippen LogP contribution is 2.24. The number of hydrogen-bond acceptors (Lipinski definition) is 3. The summed E-state index contributed by atoms with van der Waals surface area (Å²) in [5, 5.41) is 2.72. The molecule has 156 valence electrons. The third kappa shape index (κ3) is 4.86. The van der Waals surface area contributed by atoms with Crippen molar-refractivity contribution in [2.75, 3.05) is 4.72 Å². The van der Waals surface area contributed by atoms with Crippen LogP contribution in [0.4, 0.5) is 10.1 Å². The molecule has 0 saturated carbocycles. The fourth-order valence-electron chi connectivity index (χ4n) is 2.98. The number of carbonyl (C=O) groups is 1. The average Bonchev–Trinajstić information content (AvgIpc) is 2.71. The van der Waals surface area contributed by atoms with Gasteiger partial charge in [0.1, 0.15) is 5.82 Å². The van der Waals surface area contributed by atoms with E-state index in [9.17, 15) is 17.6 Å². The Hall–Kier alpha value is -3.19. The summed E-state index contributed by atoms with van der Waals surface area (Å²) in [6, 6.07) is 15.7. The number of benzene rings is 3. The van der Waals surface area contributed by atoms with E-state index in [2.05, 4.69) is 10.0 Å². The second-order valence-corrected chi connectivity index (χ2v) is 8.79. The monoisotopic (exact) mass is 426 g/mol. The number of halogens is 1. The number of amides is 1. The van der Waals surface area contributed by atoms with Crippen molar-refractivity contribution >= 4 is 21.6 Å². The first-order valence-corrected chi connectivity index (χ1v) is 10.9. The van der Waals surface area contributed by atoms with E-state index in [-0.39, 0.29) is 22.8 Å². The summed E-state index contributed by atoms with van der Waals surface area (Å²) >= 11 is 0. The van der Waals surface area contributed by atoms with E-state index in [1.54, 1.807) is 43.3 Å². The van der Waals surface area contributed by atoms with Gasteiger partial charge in [-0.1, -0.05) is 30.3 Å². The Morgan fingerprint density at radius 2 is 1.63 bits per heavy atom. The van der Waals surface area contributed by atoms with Gasteiger partial charge in [-0.3, -0.25) is 9.52 Å². The molecule has 3 aromatic rings. The van der Waals surface area contributed by atoms with Crippen LogP contribution in [0.15, 0.2) is 65.6 Å². The van der Waals surface area contributed by atoms with Crippen LogP contribution in [0.2, 0.25) is 0 Å². The Morgan fingerprint density at radius 1 is 0.933 bits per heavy atom. The molecule has 0 unspecified atom stereocenters. The molecule has 3 rings (SSSR count). The van der Waals surface area contributed by atoms with Crippen molar-refractivity contribution in [1.82, 2.24) is 5.32 Å². The van der Waals surface area contributed by atoms with E-state index in [1.165, 1.54) is 18.2 Å². The van der Waals surface area contributed by atoms with E-state index in [4.69, 9.17) is 0 Å². The van der Waals surface area contributed by atoms with E-state index >= 15 is 0 Å². The highest BCUT2D eigenvalue weighted by Gasteiger charge is 2.20. The third-order valence-corrected chi connectivity index (χ3v) is 6.46. The minimum absolute atomic E-state index is 0.0397. The van der Waals surface area contributed by atoms with Crippen molar-refractivity contribution in [3.05, 3.63) is 94.3 Å². The van der Waals surface area contributed by atoms with Crippen LogP contribution in [-0.2, 0) is 16.6 Å². The van der Waals surface area contributed by atoms with Gasteiger partial charge in [-0.25, -0.2) is 12.8 Å². The van der Waals surface area contributed by atoms with Crippen LogP contribution >= 0.6 is 0 Å². The van der Waals surface area contributed by atoms with Crippen molar-refractivity contribution in [3.63, 3.8) is 0 Å². The number of nitrogens with one attached hydrogen (secondary N) is 2. The first-order chi connectivity index (χ1) is 14.2. The summed E-state index contributed by atoms with van der Waals surface area (Å²) in [7, 11) is -3.88. The molecule has 0 aliphatic carbocycles. The lowest BCUT2D eigenvalue weighted by atomic mass is 10.1. The standard InChI is InChI=1S/C23H23FN2O3S/c1-15-5-4-6-21(17(15)3)26-30(28,29)22-13-19(10-7-16(22)2)23(27)25-14-18-8-11-20(24)12-9-18/h4-13,26H,14H2,1-3H3,(H,25,27). The lowest BCUT2D eigenvalue weighted by Crippen LogP contribution is -2.23. The van der Waals surface area contributed by atoms with E-state index in [0.717, 1.165) is 16.7 Å². The summed E-state index contributed by atoms with van der Waals surface area (Å²) in [5.74, 6) is -0.766. The van der Waals surface area contributed by atoms with Crippen molar-refractivity contribution in [2.24, 2.45) is 0 Å². The van der Waals surface area contributed by atoms with Gasteiger partial charge < -0.3 is 5.32 Å². The molecule has 0 spiro atoms. The van der Waals surface area contributed by atoms with Crippen molar-refractivity contribution < 1.29 is 17.6 Å². The van der Waals surface area contributed by atoms with Gasteiger partial charge in [0.15, 0.2) is 0 Å². The van der Waals surface area contributed by atoms with Gasteiger partial charge in [-0.05, 0) is 73.4 Å². The zero-order valence-corrected chi connectivity index (χ0v) is 17.8. The van der Waals surface area contributed by atoms with Crippen LogP contribution in [0.25, 0.3) is 0 Å². The molecule has 0 heterocycles. The molecule has 0 fully saturated rings. The molecule has 0 saturated heterocycles. The maximum atomic E-state index is 13.0. The summed E-state index contributed by atoms with van der Waals surface area (Å²) < 4.78 is 41.6. The summed E-state index contributed by atoms with van der Waals surface area (Å²) in [4.78, 5) is 12.6. The van der Waals surface area contributed by atoms with Gasteiger partial charge in [0, 0.05) is 12.1 Å². The average molecular weight is 427 g/mol. The van der Waals surface area contributed by atoms with Gasteiger partial charge in [-0.2, -0.15) is 0 Å². The molecule has 3 aromatic carbocycles. The molecule has 30 heavy (non-hydrogen) atoms. The Balaban J connectivity index is 1.82. The molecule has 5 nitrogen and oxygen atoms in total. The molecule has 0 atom stereocenters. The van der Waals surface area contributed by atoms with Crippen LogP contribution in [-0.4, -0.2) is 14.3 Å². The Labute approximate surface area is 176 Å². The molecule has 0 aromatic heterocycles. The fourth-order valence-corrected chi connectivity index (χ4v) is 4.37. The first-order valence-electron chi connectivity index (χ1n) is 9.40. The van der Waals surface area contributed by atoms with Gasteiger partial charge in [0.25, 0.3) is 15.9 Å². The smallest absolute Gasteiger partial charge is 0.262 e. The molecule has 0 radical (unpaired) electrons. The number of rotatable bonds is 6. The largest absolute Gasteiger partial charge is 0.348 e. The van der Waals surface area contributed by atoms with Crippen molar-refractivity contribution in [3.8, 4) is 0 Å². The molecular weight excluding hydrogens is 403 g/mol. The van der Waals surface area contributed by atoms with Gasteiger partial charge >= 0.3 is 0 Å². The van der Waals surface area contributed by atoms with Crippen LogP contribution < -0.4 is 10.0 Å². The molecule has 0 bridgehead atoms. The van der Waals surface area contributed by atoms with Gasteiger partial charge in [0.2, 0.25) is 0 Å². The van der Waals surface area contributed by atoms with Crippen LogP contribution in [0.1, 0.15) is 32.6 Å².